The van der Waals surface area contributed by atoms with Gasteiger partial charge in [0.1, 0.15) is 0 Å². The van der Waals surface area contributed by atoms with Crippen molar-refractivity contribution in [2.75, 3.05) is 26.2 Å². The van der Waals surface area contributed by atoms with E-state index in [0.717, 1.165) is 19.0 Å². The lowest BCUT2D eigenvalue weighted by Crippen LogP contribution is -2.51. The largest absolute Gasteiger partial charge is 0.317 e. The first-order valence-corrected chi connectivity index (χ1v) is 8.24. The van der Waals surface area contributed by atoms with Gasteiger partial charge >= 0.3 is 0 Å². The molecule has 112 valence electrons. The highest BCUT2D eigenvalue weighted by Crippen LogP contribution is 2.21. The van der Waals surface area contributed by atoms with Crippen LogP contribution in [0.5, 0.6) is 0 Å². The molecule has 0 aliphatic rings. The van der Waals surface area contributed by atoms with Crippen molar-refractivity contribution in [3.63, 3.8) is 0 Å². The van der Waals surface area contributed by atoms with Crippen molar-refractivity contribution in [1.82, 2.24) is 0 Å². The summed E-state index contributed by atoms with van der Waals surface area (Å²) in [5.74, 6) is 0.858. The lowest BCUT2D eigenvalue weighted by Gasteiger charge is -2.40. The summed E-state index contributed by atoms with van der Waals surface area (Å²) in [7, 11) is 0. The van der Waals surface area contributed by atoms with Gasteiger partial charge in [-0.15, -0.1) is 0 Å². The fraction of sp³-hybridized carbons (Fsp3) is 0.778. The van der Waals surface area contributed by atoms with Gasteiger partial charge in [0.2, 0.25) is 0 Å². The molecule has 0 aliphatic carbocycles. The number of hydrogen-bond donors (Lipinski definition) is 0. The average Bonchev–Trinajstić information content (AvgIpc) is 2.41. The van der Waals surface area contributed by atoms with Crippen molar-refractivity contribution < 1.29 is 4.48 Å². The third kappa shape index (κ3) is 7.57. The Morgan fingerprint density at radius 3 is 1.95 bits per heavy atom. The molecule has 0 saturated carbocycles. The summed E-state index contributed by atoms with van der Waals surface area (Å²) in [6.45, 7) is 19.6. The van der Waals surface area contributed by atoms with Crippen LogP contribution in [0.1, 0.15) is 59.3 Å². The first-order valence-electron chi connectivity index (χ1n) is 8.24. The van der Waals surface area contributed by atoms with Crippen LogP contribution >= 0.6 is 0 Å². The normalized spacial score (nSPS) is 13.2. The average molecular weight is 266 g/mol. The van der Waals surface area contributed by atoms with Gasteiger partial charge in [0.15, 0.2) is 0 Å². The van der Waals surface area contributed by atoms with Gasteiger partial charge in [-0.1, -0.05) is 53.2 Å². The molecule has 0 saturated heterocycles. The number of quaternary nitrogens is 1. The molecule has 1 unspecified atom stereocenters. The lowest BCUT2D eigenvalue weighted by atomic mass is 9.97. The minimum absolute atomic E-state index is 0.858. The predicted octanol–water partition coefficient (Wildman–Crippen LogP) is 5.19. The summed E-state index contributed by atoms with van der Waals surface area (Å²) < 4.78 is 1.17. The summed E-state index contributed by atoms with van der Waals surface area (Å²) in [6.07, 6.45) is 12.2. The molecule has 0 spiro atoms. The number of nitrogens with zero attached hydrogens (tertiary/aromatic N) is 1. The first-order chi connectivity index (χ1) is 9.17. The molecule has 0 fully saturated rings. The summed E-state index contributed by atoms with van der Waals surface area (Å²) in [6, 6.07) is 0. The van der Waals surface area contributed by atoms with Gasteiger partial charge in [-0.05, 0) is 31.4 Å². The SMILES string of the molecule is C=CC[N+](CC=C)(CCCC)CC(CC)CCCC. The van der Waals surface area contributed by atoms with Crippen molar-refractivity contribution in [2.45, 2.75) is 59.3 Å². The van der Waals surface area contributed by atoms with Crippen LogP contribution in [0.15, 0.2) is 25.3 Å². The highest BCUT2D eigenvalue weighted by Gasteiger charge is 2.27. The number of unbranched alkanes of at least 4 members (excludes halogenated alkanes) is 2. The summed E-state index contributed by atoms with van der Waals surface area (Å²) >= 11 is 0. The van der Waals surface area contributed by atoms with Crippen molar-refractivity contribution in [3.05, 3.63) is 25.3 Å². The van der Waals surface area contributed by atoms with Crippen LogP contribution in [-0.4, -0.2) is 30.7 Å². The second-order valence-corrected chi connectivity index (χ2v) is 5.96. The molecule has 0 bridgehead atoms. The molecule has 0 aromatic rings. The Hall–Kier alpha value is -0.560. The van der Waals surface area contributed by atoms with Gasteiger partial charge in [-0.2, -0.15) is 0 Å². The molecular formula is C18H36N+. The third-order valence-electron chi connectivity index (χ3n) is 4.21. The fourth-order valence-corrected chi connectivity index (χ4v) is 3.00. The Morgan fingerprint density at radius 2 is 1.53 bits per heavy atom. The second-order valence-electron chi connectivity index (χ2n) is 5.96. The maximum atomic E-state index is 3.98. The molecule has 1 nitrogen and oxygen atoms in total. The maximum absolute atomic E-state index is 3.98. The molecule has 0 N–H and O–H groups in total. The summed E-state index contributed by atoms with van der Waals surface area (Å²) in [5.41, 5.74) is 0. The van der Waals surface area contributed by atoms with E-state index >= 15 is 0 Å². The van der Waals surface area contributed by atoms with E-state index in [1.165, 1.54) is 56.1 Å². The van der Waals surface area contributed by atoms with Crippen molar-refractivity contribution in [2.24, 2.45) is 5.92 Å². The molecule has 0 aliphatic heterocycles. The summed E-state index contributed by atoms with van der Waals surface area (Å²) in [4.78, 5) is 0. The number of rotatable bonds is 13. The molecule has 0 rings (SSSR count). The monoisotopic (exact) mass is 266 g/mol. The first kappa shape index (κ1) is 18.4. The molecule has 1 atom stereocenters. The predicted molar refractivity (Wildman–Crippen MR) is 88.3 cm³/mol. The van der Waals surface area contributed by atoms with Gasteiger partial charge < -0.3 is 4.48 Å². The zero-order valence-corrected chi connectivity index (χ0v) is 13.7. The van der Waals surface area contributed by atoms with Crippen LogP contribution in [0.25, 0.3) is 0 Å². The van der Waals surface area contributed by atoms with Gasteiger partial charge in [-0.25, -0.2) is 0 Å². The van der Waals surface area contributed by atoms with E-state index in [2.05, 4.69) is 46.1 Å². The molecular weight excluding hydrogens is 230 g/mol. The van der Waals surface area contributed by atoms with Crippen molar-refractivity contribution in [1.29, 1.82) is 0 Å². The van der Waals surface area contributed by atoms with Crippen LogP contribution in [-0.2, 0) is 0 Å². The van der Waals surface area contributed by atoms with E-state index in [4.69, 9.17) is 0 Å². The Bertz CT molecular complexity index is 222. The van der Waals surface area contributed by atoms with Crippen LogP contribution in [0, 0.1) is 5.92 Å². The molecule has 0 aromatic carbocycles. The maximum Gasteiger partial charge on any atom is 0.0973 e. The zero-order chi connectivity index (χ0) is 14.6. The fourth-order valence-electron chi connectivity index (χ4n) is 3.00. The third-order valence-corrected chi connectivity index (χ3v) is 4.21. The minimum Gasteiger partial charge on any atom is -0.317 e. The van der Waals surface area contributed by atoms with Crippen LogP contribution in [0.3, 0.4) is 0 Å². The quantitative estimate of drug-likeness (QED) is 0.318. The topological polar surface area (TPSA) is 0 Å². The molecule has 0 amide bonds. The second kappa shape index (κ2) is 11.3. The highest BCUT2D eigenvalue weighted by atomic mass is 15.3. The van der Waals surface area contributed by atoms with E-state index in [-0.39, 0.29) is 0 Å². The van der Waals surface area contributed by atoms with E-state index in [1.54, 1.807) is 0 Å². The molecule has 0 radical (unpaired) electrons. The van der Waals surface area contributed by atoms with Gasteiger partial charge in [-0.3, -0.25) is 0 Å². The molecule has 0 aromatic heterocycles. The van der Waals surface area contributed by atoms with E-state index in [9.17, 15) is 0 Å². The molecule has 19 heavy (non-hydrogen) atoms. The van der Waals surface area contributed by atoms with Crippen LogP contribution < -0.4 is 0 Å². The smallest absolute Gasteiger partial charge is 0.0973 e. The van der Waals surface area contributed by atoms with Gasteiger partial charge in [0.05, 0.1) is 26.2 Å². The lowest BCUT2D eigenvalue weighted by molar-refractivity contribution is -0.920. The highest BCUT2D eigenvalue weighted by molar-refractivity contribution is 4.73. The standard InChI is InChI=1S/C18H36N/c1-6-11-13-18(10-5)17-19(14-8-3,15-9-4)16-12-7-2/h8-9,18H,3-4,6-7,10-17H2,1-2,5H3/q+1. The van der Waals surface area contributed by atoms with Crippen LogP contribution in [0.2, 0.25) is 0 Å². The Balaban J connectivity index is 4.74. The molecule has 1 heteroatoms. The Labute approximate surface area is 122 Å². The van der Waals surface area contributed by atoms with Gasteiger partial charge in [0, 0.05) is 5.92 Å². The van der Waals surface area contributed by atoms with Gasteiger partial charge in [0.25, 0.3) is 0 Å². The van der Waals surface area contributed by atoms with E-state index in [1.807, 2.05) is 0 Å². The van der Waals surface area contributed by atoms with E-state index in [0.29, 0.717) is 0 Å². The minimum atomic E-state index is 0.858. The van der Waals surface area contributed by atoms with Crippen LogP contribution in [0.4, 0.5) is 0 Å². The van der Waals surface area contributed by atoms with E-state index < -0.39 is 0 Å². The molecule has 0 heterocycles. The number of hydrogen-bond acceptors (Lipinski definition) is 0. The Morgan fingerprint density at radius 1 is 0.947 bits per heavy atom. The summed E-state index contributed by atoms with van der Waals surface area (Å²) in [5, 5.41) is 0. The zero-order valence-electron chi connectivity index (χ0n) is 13.7. The van der Waals surface area contributed by atoms with Crippen molar-refractivity contribution in [3.8, 4) is 0 Å². The van der Waals surface area contributed by atoms with Crippen molar-refractivity contribution >= 4 is 0 Å². The Kier molecular flexibility index (Phi) is 10.9.